The topological polar surface area (TPSA) is 85.8 Å². The van der Waals surface area contributed by atoms with Crippen LogP contribution in [0.3, 0.4) is 0 Å². The molecular weight excluding hydrogens is 370 g/mol. The largest absolute Gasteiger partial charge is 0.401 e. The second kappa shape index (κ2) is 6.01. The van der Waals surface area contributed by atoms with Crippen molar-refractivity contribution in [2.24, 2.45) is 0 Å². The molecule has 22 heavy (non-hydrogen) atoms. The molecule has 0 aliphatic heterocycles. The van der Waals surface area contributed by atoms with Crippen LogP contribution in [0, 0.1) is 0 Å². The number of carbonyl (C=O) groups is 1. The summed E-state index contributed by atoms with van der Waals surface area (Å²) >= 11 is 4.64. The first kappa shape index (κ1) is 14.9. The Morgan fingerprint density at radius 3 is 2.86 bits per heavy atom. The monoisotopic (exact) mass is 381 g/mol. The summed E-state index contributed by atoms with van der Waals surface area (Å²) in [6, 6.07) is 5.53. The van der Waals surface area contributed by atoms with E-state index in [2.05, 4.69) is 36.5 Å². The van der Waals surface area contributed by atoms with Crippen molar-refractivity contribution < 1.29 is 9.21 Å². The third kappa shape index (κ3) is 2.95. The van der Waals surface area contributed by atoms with Crippen molar-refractivity contribution >= 4 is 39.2 Å². The number of rotatable bonds is 4. The highest BCUT2D eigenvalue weighted by Gasteiger charge is 2.17. The van der Waals surface area contributed by atoms with Crippen molar-refractivity contribution in [2.45, 2.75) is 19.9 Å². The second-order valence-corrected chi connectivity index (χ2v) is 7.19. The van der Waals surface area contributed by atoms with Gasteiger partial charge in [-0.3, -0.25) is 14.8 Å². The lowest BCUT2D eigenvalue weighted by Gasteiger charge is -2.07. The van der Waals surface area contributed by atoms with E-state index in [1.54, 1.807) is 29.1 Å². The van der Waals surface area contributed by atoms with Gasteiger partial charge in [-0.25, -0.2) is 0 Å². The Bertz CT molecular complexity index is 807. The van der Waals surface area contributed by atoms with E-state index < -0.39 is 0 Å². The number of hydrogen-bond acceptors (Lipinski definition) is 6. The molecule has 0 saturated heterocycles. The van der Waals surface area contributed by atoms with Gasteiger partial charge in [0.1, 0.15) is 5.69 Å². The van der Waals surface area contributed by atoms with Gasteiger partial charge in [0.25, 0.3) is 11.8 Å². The molecular formula is C13H12BrN5O2S. The maximum atomic E-state index is 12.0. The van der Waals surface area contributed by atoms with Crippen LogP contribution in [-0.4, -0.2) is 25.9 Å². The van der Waals surface area contributed by atoms with Crippen LogP contribution in [-0.2, 0) is 0 Å². The third-order valence-corrected chi connectivity index (χ3v) is 4.44. The molecule has 0 radical (unpaired) electrons. The number of aromatic nitrogens is 4. The molecule has 3 heterocycles. The smallest absolute Gasteiger partial charge is 0.322 e. The van der Waals surface area contributed by atoms with E-state index in [-0.39, 0.29) is 18.0 Å². The molecule has 114 valence electrons. The normalized spacial score (nSPS) is 11.1. The highest BCUT2D eigenvalue weighted by atomic mass is 79.9. The summed E-state index contributed by atoms with van der Waals surface area (Å²) in [5, 5.41) is 14.6. The van der Waals surface area contributed by atoms with Crippen molar-refractivity contribution in [1.82, 2.24) is 20.0 Å². The van der Waals surface area contributed by atoms with E-state index in [9.17, 15) is 4.79 Å². The molecule has 3 rings (SSSR count). The predicted molar refractivity (Wildman–Crippen MR) is 85.9 cm³/mol. The zero-order valence-electron chi connectivity index (χ0n) is 11.8. The highest BCUT2D eigenvalue weighted by molar-refractivity contribution is 9.11. The lowest BCUT2D eigenvalue weighted by atomic mass is 10.3. The number of hydrogen-bond donors (Lipinski definition) is 1. The number of nitrogens with one attached hydrogen (secondary N) is 1. The maximum absolute atomic E-state index is 12.0. The summed E-state index contributed by atoms with van der Waals surface area (Å²) in [7, 11) is 0. The molecule has 0 aliphatic carbocycles. The fourth-order valence-electron chi connectivity index (χ4n) is 1.87. The molecule has 0 spiro atoms. The zero-order chi connectivity index (χ0) is 15.7. The van der Waals surface area contributed by atoms with Gasteiger partial charge in [0.15, 0.2) is 0 Å². The molecule has 0 bridgehead atoms. The number of amides is 1. The molecule has 3 aromatic heterocycles. The van der Waals surface area contributed by atoms with E-state index in [1.807, 2.05) is 13.8 Å². The van der Waals surface area contributed by atoms with E-state index in [4.69, 9.17) is 4.42 Å². The van der Waals surface area contributed by atoms with Gasteiger partial charge in [0, 0.05) is 12.2 Å². The lowest BCUT2D eigenvalue weighted by Crippen LogP contribution is -2.10. The van der Waals surface area contributed by atoms with Crippen LogP contribution in [0.4, 0.5) is 6.01 Å². The summed E-state index contributed by atoms with van der Waals surface area (Å²) in [6.45, 7) is 4.01. The summed E-state index contributed by atoms with van der Waals surface area (Å²) < 4.78 is 8.15. The van der Waals surface area contributed by atoms with Gasteiger partial charge < -0.3 is 4.42 Å². The quantitative estimate of drug-likeness (QED) is 0.745. The molecule has 0 aliphatic rings. The summed E-state index contributed by atoms with van der Waals surface area (Å²) in [5.41, 5.74) is 0.710. The van der Waals surface area contributed by atoms with Gasteiger partial charge in [-0.2, -0.15) is 5.10 Å². The Kier molecular flexibility index (Phi) is 4.08. The minimum absolute atomic E-state index is 0.0565. The number of anilines is 1. The van der Waals surface area contributed by atoms with E-state index in [0.717, 1.165) is 3.79 Å². The minimum Gasteiger partial charge on any atom is -0.401 e. The number of halogens is 1. The van der Waals surface area contributed by atoms with Crippen molar-refractivity contribution in [3.05, 3.63) is 33.1 Å². The SMILES string of the molecule is CC(C)n1nccc1-c1nnc(NC(=O)c2ccc(Br)s2)o1. The van der Waals surface area contributed by atoms with Gasteiger partial charge in [-0.05, 0) is 48.0 Å². The van der Waals surface area contributed by atoms with Crippen molar-refractivity contribution in [3.63, 3.8) is 0 Å². The fraction of sp³-hybridized carbons (Fsp3) is 0.231. The van der Waals surface area contributed by atoms with Gasteiger partial charge in [0.05, 0.1) is 8.66 Å². The molecule has 0 atom stereocenters. The molecule has 7 nitrogen and oxygen atoms in total. The average molecular weight is 382 g/mol. The first-order chi connectivity index (χ1) is 10.5. The Hall–Kier alpha value is -2.00. The molecule has 0 fully saturated rings. The summed E-state index contributed by atoms with van der Waals surface area (Å²) in [6.07, 6.45) is 1.67. The Labute approximate surface area is 138 Å². The van der Waals surface area contributed by atoms with Gasteiger partial charge in [0.2, 0.25) is 0 Å². The van der Waals surface area contributed by atoms with Gasteiger partial charge in [-0.1, -0.05) is 5.10 Å². The predicted octanol–water partition coefficient (Wildman–Crippen LogP) is 3.59. The van der Waals surface area contributed by atoms with Crippen LogP contribution in [0.5, 0.6) is 0 Å². The molecule has 0 unspecified atom stereocenters. The van der Waals surface area contributed by atoms with Gasteiger partial charge in [-0.15, -0.1) is 16.4 Å². The molecule has 0 aromatic carbocycles. The van der Waals surface area contributed by atoms with Crippen LogP contribution >= 0.6 is 27.3 Å². The van der Waals surface area contributed by atoms with Crippen LogP contribution < -0.4 is 5.32 Å². The molecule has 9 heteroatoms. The fourth-order valence-corrected chi connectivity index (χ4v) is 3.15. The Morgan fingerprint density at radius 2 is 2.18 bits per heavy atom. The minimum atomic E-state index is -0.289. The summed E-state index contributed by atoms with van der Waals surface area (Å²) in [4.78, 5) is 12.6. The molecule has 1 amide bonds. The molecule has 0 saturated carbocycles. The first-order valence-corrected chi connectivity index (χ1v) is 8.09. The van der Waals surface area contributed by atoms with Crippen LogP contribution in [0.25, 0.3) is 11.6 Å². The number of nitrogens with zero attached hydrogens (tertiary/aromatic N) is 4. The number of thiophene rings is 1. The Morgan fingerprint density at radius 1 is 1.36 bits per heavy atom. The lowest BCUT2D eigenvalue weighted by molar-refractivity contribution is 0.102. The zero-order valence-corrected chi connectivity index (χ0v) is 14.2. The van der Waals surface area contributed by atoms with Crippen molar-refractivity contribution in [2.75, 3.05) is 5.32 Å². The van der Waals surface area contributed by atoms with E-state index >= 15 is 0 Å². The van der Waals surface area contributed by atoms with Gasteiger partial charge >= 0.3 is 6.01 Å². The van der Waals surface area contributed by atoms with E-state index in [0.29, 0.717) is 16.5 Å². The van der Waals surface area contributed by atoms with Crippen LogP contribution in [0.1, 0.15) is 29.6 Å². The standard InChI is InChI=1S/C13H12BrN5O2S/c1-7(2)19-8(5-6-15-19)12-17-18-13(21-12)16-11(20)9-3-4-10(14)22-9/h3-7H,1-2H3,(H,16,18,20). The third-order valence-electron chi connectivity index (χ3n) is 2.82. The van der Waals surface area contributed by atoms with Crippen LogP contribution in [0.2, 0.25) is 0 Å². The van der Waals surface area contributed by atoms with Crippen molar-refractivity contribution in [1.29, 1.82) is 0 Å². The maximum Gasteiger partial charge on any atom is 0.322 e. The van der Waals surface area contributed by atoms with Crippen LogP contribution in [0.15, 0.2) is 32.6 Å². The molecule has 3 aromatic rings. The second-order valence-electron chi connectivity index (χ2n) is 4.73. The van der Waals surface area contributed by atoms with Crippen molar-refractivity contribution in [3.8, 4) is 11.6 Å². The Balaban J connectivity index is 1.79. The average Bonchev–Trinajstić information content (AvgIpc) is 3.16. The van der Waals surface area contributed by atoms with E-state index in [1.165, 1.54) is 11.3 Å². The number of carbonyl (C=O) groups excluding carboxylic acids is 1. The first-order valence-electron chi connectivity index (χ1n) is 6.48. The molecule has 1 N–H and O–H groups in total. The highest BCUT2D eigenvalue weighted by Crippen LogP contribution is 2.24. The summed E-state index contributed by atoms with van der Waals surface area (Å²) in [5.74, 6) is 0.0251.